The number of hydrogen-bond acceptors (Lipinski definition) is 4. The van der Waals surface area contributed by atoms with Crippen LogP contribution in [0, 0.1) is 13.8 Å². The Kier molecular flexibility index (Phi) is 6.28. The van der Waals surface area contributed by atoms with E-state index in [0.717, 1.165) is 30.0 Å². The van der Waals surface area contributed by atoms with Gasteiger partial charge in [-0.25, -0.2) is 9.67 Å². The number of hydrogen-bond donors (Lipinski definition) is 0. The number of nitrogens with zero attached hydrogens (tertiary/aromatic N) is 5. The highest BCUT2D eigenvalue weighted by Gasteiger charge is 2.19. The van der Waals surface area contributed by atoms with Gasteiger partial charge in [0.05, 0.1) is 10.7 Å². The van der Waals surface area contributed by atoms with E-state index >= 15 is 0 Å². The van der Waals surface area contributed by atoms with Crippen LogP contribution in [0.4, 0.5) is 5.69 Å². The zero-order valence-electron chi connectivity index (χ0n) is 18.3. The molecule has 1 aliphatic rings. The third-order valence-electron chi connectivity index (χ3n) is 5.68. The van der Waals surface area contributed by atoms with Crippen molar-refractivity contribution in [3.05, 3.63) is 70.1 Å². The predicted molar refractivity (Wildman–Crippen MR) is 124 cm³/mol. The van der Waals surface area contributed by atoms with E-state index in [-0.39, 0.29) is 11.6 Å². The summed E-state index contributed by atoms with van der Waals surface area (Å²) in [6, 6.07) is 13.9. The number of carbonyl (C=O) groups excluding carboxylic acids is 1. The second-order valence-corrected chi connectivity index (χ2v) is 8.62. The SMILES string of the molecule is Cc1cc(C)n(-c2ccc(Cl)c(C(=O)N(C)Cc3ccc(N4CCCCC4)cc3)n2)n1. The molecule has 3 heterocycles. The number of piperidine rings is 1. The molecule has 4 rings (SSSR count). The van der Waals surface area contributed by atoms with Crippen molar-refractivity contribution in [3.8, 4) is 5.82 Å². The van der Waals surface area contributed by atoms with Crippen molar-refractivity contribution in [1.29, 1.82) is 0 Å². The van der Waals surface area contributed by atoms with Gasteiger partial charge in [-0.3, -0.25) is 4.79 Å². The summed E-state index contributed by atoms with van der Waals surface area (Å²) in [4.78, 5) is 21.7. The molecule has 1 saturated heterocycles. The number of amides is 1. The van der Waals surface area contributed by atoms with Crippen LogP contribution in [0.25, 0.3) is 5.82 Å². The molecule has 1 aliphatic heterocycles. The van der Waals surface area contributed by atoms with E-state index < -0.39 is 0 Å². The predicted octanol–water partition coefficient (Wildman–Crippen LogP) is 4.80. The van der Waals surface area contributed by atoms with Gasteiger partial charge in [-0.05, 0) is 69.0 Å². The smallest absolute Gasteiger partial charge is 0.274 e. The van der Waals surface area contributed by atoms with E-state index in [1.54, 1.807) is 28.8 Å². The Hall–Kier alpha value is -2.86. The van der Waals surface area contributed by atoms with Crippen molar-refractivity contribution in [1.82, 2.24) is 19.7 Å². The molecule has 1 fully saturated rings. The number of aryl methyl sites for hydroxylation is 2. The van der Waals surface area contributed by atoms with Crippen molar-refractivity contribution in [2.24, 2.45) is 0 Å². The molecule has 0 unspecified atom stereocenters. The van der Waals surface area contributed by atoms with Crippen LogP contribution in [0.5, 0.6) is 0 Å². The van der Waals surface area contributed by atoms with Crippen LogP contribution in [-0.2, 0) is 6.54 Å². The zero-order valence-corrected chi connectivity index (χ0v) is 19.1. The number of aromatic nitrogens is 3. The molecule has 0 bridgehead atoms. The van der Waals surface area contributed by atoms with Crippen molar-refractivity contribution in [2.45, 2.75) is 39.7 Å². The van der Waals surface area contributed by atoms with Gasteiger partial charge in [0.15, 0.2) is 5.82 Å². The lowest BCUT2D eigenvalue weighted by molar-refractivity contribution is 0.0779. The summed E-state index contributed by atoms with van der Waals surface area (Å²) in [5, 5.41) is 4.79. The highest BCUT2D eigenvalue weighted by atomic mass is 35.5. The summed E-state index contributed by atoms with van der Waals surface area (Å²) in [7, 11) is 1.77. The van der Waals surface area contributed by atoms with Gasteiger partial charge in [0.2, 0.25) is 0 Å². The molecule has 0 aliphatic carbocycles. The van der Waals surface area contributed by atoms with Crippen molar-refractivity contribution in [3.63, 3.8) is 0 Å². The first-order chi connectivity index (χ1) is 14.9. The van der Waals surface area contributed by atoms with Crippen LogP contribution >= 0.6 is 11.6 Å². The van der Waals surface area contributed by atoms with Gasteiger partial charge in [-0.15, -0.1) is 0 Å². The van der Waals surface area contributed by atoms with Crippen LogP contribution in [0.3, 0.4) is 0 Å². The second-order valence-electron chi connectivity index (χ2n) is 8.21. The number of rotatable bonds is 5. The molecule has 1 amide bonds. The van der Waals surface area contributed by atoms with Gasteiger partial charge in [0.25, 0.3) is 5.91 Å². The quantitative estimate of drug-likeness (QED) is 0.575. The van der Waals surface area contributed by atoms with Crippen molar-refractivity contribution < 1.29 is 4.79 Å². The molecule has 3 aromatic rings. The first-order valence-electron chi connectivity index (χ1n) is 10.7. The molecule has 0 saturated carbocycles. The zero-order chi connectivity index (χ0) is 22.0. The third-order valence-corrected chi connectivity index (χ3v) is 5.99. The fraction of sp³-hybridized carbons (Fsp3) is 0.375. The fourth-order valence-corrected chi connectivity index (χ4v) is 4.24. The Morgan fingerprint density at radius 2 is 1.77 bits per heavy atom. The lowest BCUT2D eigenvalue weighted by Gasteiger charge is -2.29. The molecule has 0 radical (unpaired) electrons. The molecular weight excluding hydrogens is 410 g/mol. The summed E-state index contributed by atoms with van der Waals surface area (Å²) in [5.74, 6) is 0.367. The van der Waals surface area contributed by atoms with Gasteiger partial charge < -0.3 is 9.80 Å². The number of benzene rings is 1. The van der Waals surface area contributed by atoms with Crippen LogP contribution in [0.2, 0.25) is 5.02 Å². The summed E-state index contributed by atoms with van der Waals surface area (Å²) < 4.78 is 1.72. The maximum absolute atomic E-state index is 13.1. The van der Waals surface area contributed by atoms with Crippen molar-refractivity contribution >= 4 is 23.2 Å². The first-order valence-corrected chi connectivity index (χ1v) is 11.1. The monoisotopic (exact) mass is 437 g/mol. The lowest BCUT2D eigenvalue weighted by Crippen LogP contribution is -2.29. The minimum absolute atomic E-state index is 0.214. The first kappa shape index (κ1) is 21.4. The summed E-state index contributed by atoms with van der Waals surface area (Å²) in [5.41, 5.74) is 4.40. The van der Waals surface area contributed by atoms with E-state index in [2.05, 4.69) is 39.2 Å². The Morgan fingerprint density at radius 3 is 2.42 bits per heavy atom. The normalized spacial score (nSPS) is 14.0. The molecular formula is C24H28ClN5O. The Bertz CT molecular complexity index is 1070. The maximum atomic E-state index is 13.1. The van der Waals surface area contributed by atoms with Gasteiger partial charge in [0, 0.05) is 38.1 Å². The van der Waals surface area contributed by atoms with E-state index in [0.29, 0.717) is 17.4 Å². The average molecular weight is 438 g/mol. The van der Waals surface area contributed by atoms with Gasteiger partial charge in [-0.1, -0.05) is 23.7 Å². The number of carbonyl (C=O) groups is 1. The molecule has 162 valence electrons. The standard InChI is InChI=1S/C24H28ClN5O/c1-17-15-18(2)30(27-17)22-12-11-21(25)23(26-22)24(31)28(3)16-19-7-9-20(10-8-19)29-13-5-4-6-14-29/h7-12,15H,4-6,13-14,16H2,1-3H3. The van der Waals surface area contributed by atoms with E-state index in [4.69, 9.17) is 11.6 Å². The summed E-state index contributed by atoms with van der Waals surface area (Å²) in [6.07, 6.45) is 3.83. The lowest BCUT2D eigenvalue weighted by atomic mass is 10.1. The maximum Gasteiger partial charge on any atom is 0.274 e. The third kappa shape index (κ3) is 4.74. The molecule has 1 aromatic carbocycles. The van der Waals surface area contributed by atoms with Crippen molar-refractivity contribution in [2.75, 3.05) is 25.0 Å². The minimum atomic E-state index is -0.214. The van der Waals surface area contributed by atoms with Gasteiger partial charge in [-0.2, -0.15) is 5.10 Å². The largest absolute Gasteiger partial charge is 0.372 e. The summed E-state index contributed by atoms with van der Waals surface area (Å²) in [6.45, 7) is 6.61. The number of anilines is 1. The summed E-state index contributed by atoms with van der Waals surface area (Å²) >= 11 is 6.33. The van der Waals surface area contributed by atoms with E-state index in [1.165, 1.54) is 24.9 Å². The van der Waals surface area contributed by atoms with Crippen LogP contribution in [0.1, 0.15) is 46.7 Å². The highest BCUT2D eigenvalue weighted by Crippen LogP contribution is 2.22. The number of pyridine rings is 1. The van der Waals surface area contributed by atoms with E-state index in [1.807, 2.05) is 19.9 Å². The molecule has 6 nitrogen and oxygen atoms in total. The topological polar surface area (TPSA) is 54.3 Å². The highest BCUT2D eigenvalue weighted by molar-refractivity contribution is 6.33. The minimum Gasteiger partial charge on any atom is -0.372 e. The molecule has 7 heteroatoms. The Balaban J connectivity index is 1.49. The molecule has 31 heavy (non-hydrogen) atoms. The number of halogens is 1. The van der Waals surface area contributed by atoms with Gasteiger partial charge >= 0.3 is 0 Å². The fourth-order valence-electron chi connectivity index (χ4n) is 4.05. The van der Waals surface area contributed by atoms with Gasteiger partial charge in [0.1, 0.15) is 5.69 Å². The van der Waals surface area contributed by atoms with Crippen LogP contribution < -0.4 is 4.90 Å². The molecule has 0 atom stereocenters. The van der Waals surface area contributed by atoms with E-state index in [9.17, 15) is 4.79 Å². The average Bonchev–Trinajstić information content (AvgIpc) is 3.12. The van der Waals surface area contributed by atoms with Crippen LogP contribution in [-0.4, -0.2) is 45.7 Å². The second kappa shape index (κ2) is 9.10. The van der Waals surface area contributed by atoms with Crippen LogP contribution in [0.15, 0.2) is 42.5 Å². The molecule has 0 spiro atoms. The Morgan fingerprint density at radius 1 is 1.06 bits per heavy atom. The molecule has 2 aromatic heterocycles. The molecule has 0 N–H and O–H groups in total. The Labute approximate surface area is 188 Å².